The lowest BCUT2D eigenvalue weighted by atomic mass is 10.1. The first-order valence-corrected chi connectivity index (χ1v) is 8.96. The van der Waals surface area contributed by atoms with Crippen LogP contribution in [0.3, 0.4) is 0 Å². The minimum absolute atomic E-state index is 0.0772. The Morgan fingerprint density at radius 3 is 2.33 bits per heavy atom. The third-order valence-corrected chi connectivity index (χ3v) is 4.30. The Hall–Kier alpha value is -2.90. The van der Waals surface area contributed by atoms with Gasteiger partial charge in [0.2, 0.25) is 5.91 Å². The third-order valence-electron chi connectivity index (χ3n) is 4.30. The van der Waals surface area contributed by atoms with Crippen LogP contribution in [0.2, 0.25) is 0 Å². The summed E-state index contributed by atoms with van der Waals surface area (Å²) in [4.78, 5) is 24.3. The van der Waals surface area contributed by atoms with Gasteiger partial charge < -0.3 is 26.0 Å². The Kier molecular flexibility index (Phi) is 6.40. The molecule has 142 valence electrons. The number of benzene rings is 2. The van der Waals surface area contributed by atoms with E-state index in [1.807, 2.05) is 61.5 Å². The number of para-hydroxylation sites is 1. The summed E-state index contributed by atoms with van der Waals surface area (Å²) in [5, 5.41) is 11.7. The van der Waals surface area contributed by atoms with Crippen molar-refractivity contribution >= 4 is 23.3 Å². The van der Waals surface area contributed by atoms with Gasteiger partial charge in [-0.1, -0.05) is 30.3 Å². The monoisotopic (exact) mass is 368 g/mol. The van der Waals surface area contributed by atoms with Gasteiger partial charge in [0.25, 0.3) is 0 Å². The highest BCUT2D eigenvalue weighted by molar-refractivity contribution is 5.99. The number of ether oxygens (including phenoxy) is 1. The summed E-state index contributed by atoms with van der Waals surface area (Å²) in [6.45, 7) is 3.62. The van der Waals surface area contributed by atoms with E-state index in [2.05, 4.69) is 21.3 Å². The van der Waals surface area contributed by atoms with E-state index >= 15 is 0 Å². The molecule has 1 aliphatic rings. The van der Waals surface area contributed by atoms with Gasteiger partial charge in [-0.3, -0.25) is 4.79 Å². The van der Waals surface area contributed by atoms with Crippen LogP contribution in [0.5, 0.6) is 0 Å². The Morgan fingerprint density at radius 2 is 1.70 bits per heavy atom. The molecule has 0 aromatic heterocycles. The first kappa shape index (κ1) is 18.9. The molecule has 3 rings (SSSR count). The minimum Gasteiger partial charge on any atom is -0.378 e. The molecule has 1 aliphatic heterocycles. The van der Waals surface area contributed by atoms with Crippen LogP contribution >= 0.6 is 0 Å². The molecule has 7 heteroatoms. The number of hydrogen-bond donors (Lipinski definition) is 4. The molecule has 2 unspecified atom stereocenters. The average molecular weight is 368 g/mol. The fraction of sp³-hybridized carbons (Fsp3) is 0.300. The molecule has 1 heterocycles. The zero-order valence-electron chi connectivity index (χ0n) is 15.2. The van der Waals surface area contributed by atoms with Crippen molar-refractivity contribution in [3.63, 3.8) is 0 Å². The molecular weight excluding hydrogens is 344 g/mol. The normalized spacial score (nSPS) is 17.6. The second-order valence-electron chi connectivity index (χ2n) is 6.38. The fourth-order valence-electron chi connectivity index (χ4n) is 2.80. The molecule has 3 amide bonds. The molecule has 2 aromatic rings. The number of carbonyl (C=O) groups excluding carboxylic acids is 2. The molecular formula is C20H24N4O3. The first-order valence-electron chi connectivity index (χ1n) is 8.96. The van der Waals surface area contributed by atoms with Crippen molar-refractivity contribution < 1.29 is 14.3 Å². The number of amides is 3. The summed E-state index contributed by atoms with van der Waals surface area (Å²) in [6, 6.07) is 15.9. The molecule has 0 saturated carbocycles. The van der Waals surface area contributed by atoms with Crippen LogP contribution in [0.4, 0.5) is 16.2 Å². The number of hydrogen-bond acceptors (Lipinski definition) is 4. The topological polar surface area (TPSA) is 91.5 Å². The maximum Gasteiger partial charge on any atom is 0.323 e. The lowest BCUT2D eigenvalue weighted by Crippen LogP contribution is -2.51. The number of carbonyl (C=O) groups is 2. The van der Waals surface area contributed by atoms with Crippen molar-refractivity contribution in [1.82, 2.24) is 10.6 Å². The van der Waals surface area contributed by atoms with Crippen LogP contribution in [0.1, 0.15) is 18.5 Å². The number of morpholine rings is 1. The van der Waals surface area contributed by atoms with Crippen LogP contribution in [0.15, 0.2) is 54.6 Å². The molecule has 27 heavy (non-hydrogen) atoms. The van der Waals surface area contributed by atoms with Crippen LogP contribution in [0, 0.1) is 0 Å². The number of anilines is 2. The van der Waals surface area contributed by atoms with E-state index in [9.17, 15) is 9.59 Å². The van der Waals surface area contributed by atoms with Crippen molar-refractivity contribution in [3.8, 4) is 0 Å². The number of nitrogens with one attached hydrogen (secondary N) is 4. The first-order chi connectivity index (χ1) is 13.1. The van der Waals surface area contributed by atoms with Crippen molar-refractivity contribution in [2.45, 2.75) is 19.0 Å². The van der Waals surface area contributed by atoms with Crippen molar-refractivity contribution in [1.29, 1.82) is 0 Å². The third kappa shape index (κ3) is 5.54. The van der Waals surface area contributed by atoms with Gasteiger partial charge in [-0.25, -0.2) is 4.79 Å². The largest absolute Gasteiger partial charge is 0.378 e. The van der Waals surface area contributed by atoms with Crippen LogP contribution in [-0.2, 0) is 9.53 Å². The summed E-state index contributed by atoms with van der Waals surface area (Å²) < 4.78 is 5.32. The SMILES string of the molecule is CC(NC(=O)C1COCCN1)c1ccc(NC(=O)Nc2ccccc2)cc1. The van der Waals surface area contributed by atoms with Crippen LogP contribution in [-0.4, -0.2) is 37.7 Å². The molecule has 2 aromatic carbocycles. The predicted octanol–water partition coefficient (Wildman–Crippen LogP) is 2.50. The Bertz CT molecular complexity index is 759. The van der Waals surface area contributed by atoms with Gasteiger partial charge in [0.15, 0.2) is 0 Å². The van der Waals surface area contributed by atoms with E-state index in [1.165, 1.54) is 0 Å². The Labute approximate surface area is 158 Å². The standard InChI is InChI=1S/C20H24N4O3/c1-14(22-19(25)18-13-27-12-11-21-18)15-7-9-17(10-8-15)24-20(26)23-16-5-3-2-4-6-16/h2-10,14,18,21H,11-13H2,1H3,(H,22,25)(H2,23,24,26). The van der Waals surface area contributed by atoms with Crippen molar-refractivity contribution in [2.75, 3.05) is 30.4 Å². The lowest BCUT2D eigenvalue weighted by molar-refractivity contribution is -0.126. The molecule has 0 spiro atoms. The molecule has 2 atom stereocenters. The second kappa shape index (κ2) is 9.16. The smallest absolute Gasteiger partial charge is 0.323 e. The lowest BCUT2D eigenvalue weighted by Gasteiger charge is -2.25. The highest BCUT2D eigenvalue weighted by Gasteiger charge is 2.22. The Morgan fingerprint density at radius 1 is 1.04 bits per heavy atom. The Balaban J connectivity index is 1.51. The molecule has 7 nitrogen and oxygen atoms in total. The van der Waals surface area contributed by atoms with Gasteiger partial charge in [-0.15, -0.1) is 0 Å². The van der Waals surface area contributed by atoms with Gasteiger partial charge in [0.1, 0.15) is 6.04 Å². The van der Waals surface area contributed by atoms with E-state index in [-0.39, 0.29) is 24.0 Å². The van der Waals surface area contributed by atoms with Gasteiger partial charge in [0, 0.05) is 17.9 Å². The maximum absolute atomic E-state index is 12.2. The summed E-state index contributed by atoms with van der Waals surface area (Å²) in [6.07, 6.45) is 0. The second-order valence-corrected chi connectivity index (χ2v) is 6.38. The average Bonchev–Trinajstić information content (AvgIpc) is 2.70. The maximum atomic E-state index is 12.2. The van der Waals surface area contributed by atoms with Gasteiger partial charge in [-0.05, 0) is 36.8 Å². The highest BCUT2D eigenvalue weighted by atomic mass is 16.5. The molecule has 0 aliphatic carbocycles. The van der Waals surface area contributed by atoms with E-state index in [0.717, 1.165) is 11.3 Å². The summed E-state index contributed by atoms with van der Waals surface area (Å²) in [5.41, 5.74) is 2.35. The van der Waals surface area contributed by atoms with E-state index in [1.54, 1.807) is 0 Å². The summed E-state index contributed by atoms with van der Waals surface area (Å²) in [5.74, 6) is -0.0772. The van der Waals surface area contributed by atoms with Crippen LogP contribution < -0.4 is 21.3 Å². The van der Waals surface area contributed by atoms with Gasteiger partial charge in [-0.2, -0.15) is 0 Å². The molecule has 0 radical (unpaired) electrons. The van der Waals surface area contributed by atoms with Crippen LogP contribution in [0.25, 0.3) is 0 Å². The zero-order chi connectivity index (χ0) is 19.1. The van der Waals surface area contributed by atoms with Crippen molar-refractivity contribution in [2.24, 2.45) is 0 Å². The number of rotatable bonds is 5. The molecule has 1 fully saturated rings. The quantitative estimate of drug-likeness (QED) is 0.653. The highest BCUT2D eigenvalue weighted by Crippen LogP contribution is 2.17. The zero-order valence-corrected chi connectivity index (χ0v) is 15.2. The fourth-order valence-corrected chi connectivity index (χ4v) is 2.80. The minimum atomic E-state index is -0.316. The van der Waals surface area contributed by atoms with E-state index in [0.29, 0.717) is 25.4 Å². The van der Waals surface area contributed by atoms with E-state index < -0.39 is 0 Å². The predicted molar refractivity (Wildman–Crippen MR) is 105 cm³/mol. The molecule has 1 saturated heterocycles. The summed E-state index contributed by atoms with van der Waals surface area (Å²) >= 11 is 0. The van der Waals surface area contributed by atoms with Gasteiger partial charge in [0.05, 0.1) is 19.3 Å². The van der Waals surface area contributed by atoms with Gasteiger partial charge >= 0.3 is 6.03 Å². The van der Waals surface area contributed by atoms with Crippen molar-refractivity contribution in [3.05, 3.63) is 60.2 Å². The summed E-state index contributed by atoms with van der Waals surface area (Å²) in [7, 11) is 0. The molecule has 0 bridgehead atoms. The number of urea groups is 1. The van der Waals surface area contributed by atoms with E-state index in [4.69, 9.17) is 4.74 Å². The molecule has 4 N–H and O–H groups in total.